The Labute approximate surface area is 274 Å². The van der Waals surface area contributed by atoms with Gasteiger partial charge in [0.2, 0.25) is 27.7 Å². The maximum atomic E-state index is 14.1. The number of ether oxygens (including phenoxy) is 1. The summed E-state index contributed by atoms with van der Waals surface area (Å²) < 4.78 is 47.8. The minimum atomic E-state index is -3.80. The van der Waals surface area contributed by atoms with Crippen LogP contribution in [0.2, 0.25) is 0 Å². The Morgan fingerprint density at radius 3 is 2.67 bits per heavy atom. The number of hydrogen-bond donors (Lipinski definition) is 2. The minimum absolute atomic E-state index is 0. The number of hydrogen-bond acceptors (Lipinski definition) is 9. The highest BCUT2D eigenvalue weighted by Gasteiger charge is 2.61. The zero-order valence-corrected chi connectivity index (χ0v) is 27.5. The average molecular weight is 678 g/mol. The number of aryl methyl sites for hydroxylation is 1. The highest BCUT2D eigenvalue weighted by Crippen LogP contribution is 2.57. The Kier molecular flexibility index (Phi) is 10.0. The maximum Gasteiger partial charge on any atom is 0.240 e. The molecule has 2 aromatic rings. The molecule has 3 heterocycles. The summed E-state index contributed by atoms with van der Waals surface area (Å²) in [4.78, 5) is 51.8. The van der Waals surface area contributed by atoms with Gasteiger partial charge >= 0.3 is 0 Å². The van der Waals surface area contributed by atoms with E-state index in [4.69, 9.17) is 10.5 Å². The summed E-state index contributed by atoms with van der Waals surface area (Å²) in [5, 5.41) is -0.575. The number of benzene rings is 1. The molecule has 3 fully saturated rings. The molecule has 0 unspecified atom stereocenters. The summed E-state index contributed by atoms with van der Waals surface area (Å²) in [6.07, 6.45) is 8.86. The minimum Gasteiger partial charge on any atom is -0.471 e. The SMILES string of the molecule is CCc1nc2ccc(F)cc2nc1O[C@@H]1C[C@H]2C(=O)C[C@]3(C(=O)NS(=O)(=O)C4CC4)C[C@H]3/C=C\CCCCC[C@H](N)C(=O)N2C1.Cl. The van der Waals surface area contributed by atoms with Crippen molar-refractivity contribution in [3.8, 4) is 5.88 Å². The number of carbonyl (C=O) groups is 3. The van der Waals surface area contributed by atoms with Gasteiger partial charge in [0.25, 0.3) is 0 Å². The van der Waals surface area contributed by atoms with Gasteiger partial charge in [0, 0.05) is 18.9 Å². The third-order valence-electron chi connectivity index (χ3n) is 9.54. The standard InChI is InChI=1S/C32H40FN5O6S.ClH/c1-2-24-29(36-26-14-20(33)10-13-25(26)35-24)44-21-15-27-28(39)17-32(31(41)37-45(42,43)22-11-12-22)16-19(32)8-6-4-3-5-7-9-23(34)30(40)38(27)18-21;/h6,8,10,13-14,19,21-23,27H,2-5,7,9,11-12,15-18,34H2,1H3,(H,37,41);1H/b8-6-;/t19-,21-,23+,27+,32-;/m1./s1. The van der Waals surface area contributed by atoms with Crippen molar-refractivity contribution in [2.45, 2.75) is 101 Å². The van der Waals surface area contributed by atoms with E-state index in [1.807, 2.05) is 19.1 Å². The molecule has 6 rings (SSSR count). The van der Waals surface area contributed by atoms with Crippen molar-refractivity contribution in [2.24, 2.45) is 17.1 Å². The van der Waals surface area contributed by atoms with E-state index in [-0.39, 0.29) is 55.3 Å². The van der Waals surface area contributed by atoms with Crippen LogP contribution in [-0.4, -0.2) is 70.9 Å². The number of nitrogens with two attached hydrogens (primary N) is 1. The highest BCUT2D eigenvalue weighted by molar-refractivity contribution is 7.90. The molecule has 11 nitrogen and oxygen atoms in total. The number of fused-ring (bicyclic) bond motifs is 3. The Bertz CT molecular complexity index is 1650. The predicted molar refractivity (Wildman–Crippen MR) is 171 cm³/mol. The van der Waals surface area contributed by atoms with Crippen LogP contribution in [-0.2, 0) is 30.8 Å². The Morgan fingerprint density at radius 1 is 1.15 bits per heavy atom. The Hall–Kier alpha value is -3.16. The predicted octanol–water partition coefficient (Wildman–Crippen LogP) is 3.52. The highest BCUT2D eigenvalue weighted by atomic mass is 35.5. The van der Waals surface area contributed by atoms with Gasteiger partial charge in [-0.1, -0.05) is 31.9 Å². The molecule has 4 aliphatic rings. The number of sulfonamides is 1. The molecule has 2 aliphatic carbocycles. The Balaban J connectivity index is 0.00000417. The van der Waals surface area contributed by atoms with Crippen LogP contribution in [0.5, 0.6) is 5.88 Å². The number of allylic oxidation sites excluding steroid dienone is 2. The second kappa shape index (κ2) is 13.5. The lowest BCUT2D eigenvalue weighted by Crippen LogP contribution is -2.49. The molecule has 46 heavy (non-hydrogen) atoms. The van der Waals surface area contributed by atoms with E-state index in [1.54, 1.807) is 6.07 Å². The third kappa shape index (κ3) is 7.06. The molecule has 2 amide bonds. The molecular weight excluding hydrogens is 637 g/mol. The van der Waals surface area contributed by atoms with Gasteiger partial charge in [0.1, 0.15) is 17.6 Å². The molecular formula is C32H41ClFN5O6S. The Morgan fingerprint density at radius 2 is 1.93 bits per heavy atom. The second-order valence-corrected chi connectivity index (χ2v) is 14.9. The fourth-order valence-electron chi connectivity index (χ4n) is 6.61. The van der Waals surface area contributed by atoms with E-state index in [1.165, 1.54) is 17.0 Å². The number of nitrogens with one attached hydrogen (secondary N) is 1. The van der Waals surface area contributed by atoms with Gasteiger partial charge in [0.15, 0.2) is 5.78 Å². The third-order valence-corrected chi connectivity index (χ3v) is 11.4. The van der Waals surface area contributed by atoms with Crippen molar-refractivity contribution in [3.63, 3.8) is 0 Å². The lowest BCUT2D eigenvalue weighted by Gasteiger charge is -2.27. The average Bonchev–Trinajstić information content (AvgIpc) is 3.92. The molecule has 0 radical (unpaired) electrons. The van der Waals surface area contributed by atoms with E-state index in [2.05, 4.69) is 14.7 Å². The zero-order chi connectivity index (χ0) is 31.9. The van der Waals surface area contributed by atoms with Crippen molar-refractivity contribution >= 4 is 51.1 Å². The lowest BCUT2D eigenvalue weighted by molar-refractivity contribution is -0.140. The molecule has 14 heteroatoms. The number of aromatic nitrogens is 2. The number of halogens is 2. The smallest absolute Gasteiger partial charge is 0.240 e. The first-order valence-electron chi connectivity index (χ1n) is 15.9. The lowest BCUT2D eigenvalue weighted by atomic mass is 9.91. The van der Waals surface area contributed by atoms with Crippen LogP contribution in [0.4, 0.5) is 4.39 Å². The zero-order valence-electron chi connectivity index (χ0n) is 25.8. The van der Waals surface area contributed by atoms with Gasteiger partial charge < -0.3 is 15.4 Å². The molecule has 250 valence electrons. The summed E-state index contributed by atoms with van der Waals surface area (Å²) in [7, 11) is -3.80. The van der Waals surface area contributed by atoms with Crippen LogP contribution in [0.3, 0.4) is 0 Å². The summed E-state index contributed by atoms with van der Waals surface area (Å²) in [5.41, 5.74) is 6.56. The molecule has 5 atom stereocenters. The van der Waals surface area contributed by atoms with E-state index in [0.29, 0.717) is 48.8 Å². The van der Waals surface area contributed by atoms with Gasteiger partial charge in [-0.2, -0.15) is 0 Å². The van der Waals surface area contributed by atoms with Crippen LogP contribution in [0, 0.1) is 17.2 Å². The summed E-state index contributed by atoms with van der Waals surface area (Å²) in [6, 6.07) is 2.42. The fraction of sp³-hybridized carbons (Fsp3) is 0.594. The van der Waals surface area contributed by atoms with Crippen molar-refractivity contribution < 1.29 is 31.9 Å². The maximum absolute atomic E-state index is 14.1. The van der Waals surface area contributed by atoms with Crippen LogP contribution in [0.25, 0.3) is 11.0 Å². The molecule has 1 saturated heterocycles. The van der Waals surface area contributed by atoms with Crippen LogP contribution >= 0.6 is 12.4 Å². The van der Waals surface area contributed by atoms with Gasteiger partial charge in [-0.3, -0.25) is 19.1 Å². The van der Waals surface area contributed by atoms with Crippen LogP contribution in [0.15, 0.2) is 30.4 Å². The molecule has 2 saturated carbocycles. The van der Waals surface area contributed by atoms with E-state index in [9.17, 15) is 27.2 Å². The largest absolute Gasteiger partial charge is 0.471 e. The first-order valence-corrected chi connectivity index (χ1v) is 17.5. The van der Waals surface area contributed by atoms with E-state index < -0.39 is 50.6 Å². The van der Waals surface area contributed by atoms with Gasteiger partial charge in [-0.25, -0.2) is 22.8 Å². The van der Waals surface area contributed by atoms with Gasteiger partial charge in [-0.15, -0.1) is 12.4 Å². The van der Waals surface area contributed by atoms with E-state index in [0.717, 1.165) is 25.7 Å². The van der Waals surface area contributed by atoms with Gasteiger partial charge in [0.05, 0.1) is 40.3 Å². The second-order valence-electron chi connectivity index (χ2n) is 12.9. The summed E-state index contributed by atoms with van der Waals surface area (Å²) in [6.45, 7) is 1.97. The number of amides is 2. The summed E-state index contributed by atoms with van der Waals surface area (Å²) in [5.74, 6) is -1.89. The molecule has 3 N–H and O–H groups in total. The topological polar surface area (TPSA) is 162 Å². The molecule has 1 aromatic heterocycles. The molecule has 0 bridgehead atoms. The van der Waals surface area contributed by atoms with Crippen molar-refractivity contribution in [1.29, 1.82) is 0 Å². The first kappa shape index (κ1) is 34.2. The van der Waals surface area contributed by atoms with Crippen LogP contribution < -0.4 is 15.2 Å². The van der Waals surface area contributed by atoms with E-state index >= 15 is 0 Å². The molecule has 1 aromatic carbocycles. The number of carbonyl (C=O) groups excluding carboxylic acids is 3. The van der Waals surface area contributed by atoms with Crippen molar-refractivity contribution in [3.05, 3.63) is 41.9 Å². The van der Waals surface area contributed by atoms with Crippen LogP contribution in [0.1, 0.15) is 76.8 Å². The quantitative estimate of drug-likeness (QED) is 0.436. The number of nitrogens with zero attached hydrogens (tertiary/aromatic N) is 3. The monoisotopic (exact) mass is 677 g/mol. The fourth-order valence-corrected chi connectivity index (χ4v) is 8.00. The first-order chi connectivity index (χ1) is 21.5. The van der Waals surface area contributed by atoms with Crippen molar-refractivity contribution in [2.75, 3.05) is 6.54 Å². The molecule has 2 aliphatic heterocycles. The normalized spacial score (nSPS) is 29.5. The van der Waals surface area contributed by atoms with Gasteiger partial charge in [-0.05, 0) is 63.0 Å². The number of rotatable bonds is 6. The molecule has 0 spiro atoms. The number of Topliss-reactive ketones (excluding diaryl/α,β-unsaturated/α-hetero) is 1. The number of ketones is 1. The van der Waals surface area contributed by atoms with Crippen molar-refractivity contribution in [1.82, 2.24) is 19.6 Å². The summed E-state index contributed by atoms with van der Waals surface area (Å²) >= 11 is 0.